The SMILES string of the molecule is CCC1NC(C2CCCC2)N(C(C)CCOC)C1=O. The van der Waals surface area contributed by atoms with Gasteiger partial charge in [-0.25, -0.2) is 0 Å². The standard InChI is InChI=1S/C15H28N2O2/c1-4-13-15(18)17(11(2)9-10-19-3)14(16-13)12-7-5-6-8-12/h11-14,16H,4-10H2,1-3H3. The molecule has 0 aromatic carbocycles. The Hall–Kier alpha value is -0.610. The van der Waals surface area contributed by atoms with Crippen LogP contribution < -0.4 is 5.32 Å². The van der Waals surface area contributed by atoms with Crippen molar-refractivity contribution in [1.29, 1.82) is 0 Å². The predicted octanol–water partition coefficient (Wildman–Crippen LogP) is 2.14. The van der Waals surface area contributed by atoms with E-state index in [0.717, 1.165) is 19.4 Å². The van der Waals surface area contributed by atoms with Crippen LogP contribution >= 0.6 is 0 Å². The Morgan fingerprint density at radius 2 is 2.11 bits per heavy atom. The number of rotatable bonds is 6. The summed E-state index contributed by atoms with van der Waals surface area (Å²) in [5.41, 5.74) is 0. The Balaban J connectivity index is 2.07. The van der Waals surface area contributed by atoms with E-state index in [1.165, 1.54) is 25.7 Å². The van der Waals surface area contributed by atoms with E-state index in [0.29, 0.717) is 11.8 Å². The number of amides is 1. The van der Waals surface area contributed by atoms with Crippen LogP contribution in [0.15, 0.2) is 0 Å². The third-order valence-electron chi connectivity index (χ3n) is 4.69. The van der Waals surface area contributed by atoms with E-state index >= 15 is 0 Å². The first-order chi connectivity index (χ1) is 9.19. The Morgan fingerprint density at radius 3 is 2.68 bits per heavy atom. The summed E-state index contributed by atoms with van der Waals surface area (Å²) in [5, 5.41) is 3.58. The highest BCUT2D eigenvalue weighted by Gasteiger charge is 2.44. The molecule has 1 heterocycles. The lowest BCUT2D eigenvalue weighted by molar-refractivity contribution is -0.133. The smallest absolute Gasteiger partial charge is 0.241 e. The van der Waals surface area contributed by atoms with Gasteiger partial charge in [0.25, 0.3) is 0 Å². The molecule has 2 aliphatic rings. The van der Waals surface area contributed by atoms with Gasteiger partial charge >= 0.3 is 0 Å². The molecule has 4 heteroatoms. The minimum atomic E-state index is 0.0237. The molecule has 1 aliphatic carbocycles. The maximum Gasteiger partial charge on any atom is 0.241 e. The van der Waals surface area contributed by atoms with Crippen LogP contribution in [0.3, 0.4) is 0 Å². The topological polar surface area (TPSA) is 41.6 Å². The zero-order chi connectivity index (χ0) is 13.8. The monoisotopic (exact) mass is 268 g/mol. The number of methoxy groups -OCH3 is 1. The van der Waals surface area contributed by atoms with Crippen LogP contribution in [0.4, 0.5) is 0 Å². The van der Waals surface area contributed by atoms with Crippen LogP contribution in [0.2, 0.25) is 0 Å². The fourth-order valence-corrected chi connectivity index (χ4v) is 3.52. The highest BCUT2D eigenvalue weighted by molar-refractivity contribution is 5.84. The van der Waals surface area contributed by atoms with Crippen molar-refractivity contribution in [1.82, 2.24) is 10.2 Å². The molecule has 1 N–H and O–H groups in total. The Kier molecular flexibility index (Phi) is 5.22. The predicted molar refractivity (Wildman–Crippen MR) is 75.8 cm³/mol. The molecular weight excluding hydrogens is 240 g/mol. The number of nitrogens with zero attached hydrogens (tertiary/aromatic N) is 1. The summed E-state index contributed by atoms with van der Waals surface area (Å²) in [7, 11) is 1.72. The lowest BCUT2D eigenvalue weighted by Gasteiger charge is -2.33. The second-order valence-corrected chi connectivity index (χ2v) is 5.99. The summed E-state index contributed by atoms with van der Waals surface area (Å²) >= 11 is 0. The molecule has 110 valence electrons. The summed E-state index contributed by atoms with van der Waals surface area (Å²) in [4.78, 5) is 14.6. The van der Waals surface area contributed by atoms with E-state index in [2.05, 4.69) is 24.1 Å². The maximum absolute atomic E-state index is 12.5. The van der Waals surface area contributed by atoms with Crippen molar-refractivity contribution < 1.29 is 9.53 Å². The Bertz CT molecular complexity index is 303. The van der Waals surface area contributed by atoms with Gasteiger partial charge in [0.1, 0.15) is 0 Å². The van der Waals surface area contributed by atoms with Crippen LogP contribution in [0.25, 0.3) is 0 Å². The molecule has 1 aliphatic heterocycles. The molecule has 1 saturated heterocycles. The summed E-state index contributed by atoms with van der Waals surface area (Å²) in [6, 6.07) is 0.290. The van der Waals surface area contributed by atoms with Crippen LogP contribution in [-0.4, -0.2) is 42.8 Å². The molecule has 3 unspecified atom stereocenters. The molecule has 0 spiro atoms. The van der Waals surface area contributed by atoms with Crippen molar-refractivity contribution in [3.63, 3.8) is 0 Å². The van der Waals surface area contributed by atoms with Crippen molar-refractivity contribution in [3.05, 3.63) is 0 Å². The second-order valence-electron chi connectivity index (χ2n) is 5.99. The number of ether oxygens (including phenoxy) is 1. The molecule has 1 saturated carbocycles. The van der Waals surface area contributed by atoms with E-state index in [-0.39, 0.29) is 18.2 Å². The number of nitrogens with one attached hydrogen (secondary N) is 1. The zero-order valence-corrected chi connectivity index (χ0v) is 12.5. The van der Waals surface area contributed by atoms with Gasteiger partial charge in [0.05, 0.1) is 12.2 Å². The van der Waals surface area contributed by atoms with Crippen molar-refractivity contribution in [2.24, 2.45) is 5.92 Å². The summed E-state index contributed by atoms with van der Waals surface area (Å²) in [5.74, 6) is 0.938. The molecule has 0 aromatic rings. The molecule has 0 bridgehead atoms. The lowest BCUT2D eigenvalue weighted by Crippen LogP contribution is -2.47. The van der Waals surface area contributed by atoms with E-state index < -0.39 is 0 Å². The zero-order valence-electron chi connectivity index (χ0n) is 12.5. The van der Waals surface area contributed by atoms with E-state index in [9.17, 15) is 4.79 Å². The van der Waals surface area contributed by atoms with Gasteiger partial charge in [0, 0.05) is 19.8 Å². The number of hydrogen-bond acceptors (Lipinski definition) is 3. The quantitative estimate of drug-likeness (QED) is 0.802. The number of hydrogen-bond donors (Lipinski definition) is 1. The van der Waals surface area contributed by atoms with Gasteiger partial charge in [-0.1, -0.05) is 19.8 Å². The molecule has 1 amide bonds. The fourth-order valence-electron chi connectivity index (χ4n) is 3.52. The minimum absolute atomic E-state index is 0.0237. The molecule has 0 aromatic heterocycles. The molecule has 19 heavy (non-hydrogen) atoms. The number of carbonyl (C=O) groups is 1. The van der Waals surface area contributed by atoms with Crippen LogP contribution in [0.1, 0.15) is 52.4 Å². The van der Waals surface area contributed by atoms with Crippen molar-refractivity contribution in [2.45, 2.75) is 70.6 Å². The summed E-state index contributed by atoms with van der Waals surface area (Å²) in [6.45, 7) is 4.96. The molecular formula is C15H28N2O2. The van der Waals surface area contributed by atoms with Gasteiger partial charge in [0.2, 0.25) is 5.91 Å². The summed E-state index contributed by atoms with van der Waals surface area (Å²) < 4.78 is 5.16. The first-order valence-electron chi connectivity index (χ1n) is 7.76. The summed E-state index contributed by atoms with van der Waals surface area (Å²) in [6.07, 6.45) is 7.21. The van der Waals surface area contributed by atoms with Crippen molar-refractivity contribution >= 4 is 5.91 Å². The lowest BCUT2D eigenvalue weighted by atomic mass is 10.0. The molecule has 3 atom stereocenters. The molecule has 4 nitrogen and oxygen atoms in total. The first-order valence-corrected chi connectivity index (χ1v) is 7.76. The largest absolute Gasteiger partial charge is 0.385 e. The van der Waals surface area contributed by atoms with Gasteiger partial charge in [-0.15, -0.1) is 0 Å². The average Bonchev–Trinajstić information content (AvgIpc) is 3.03. The van der Waals surface area contributed by atoms with Crippen molar-refractivity contribution in [3.8, 4) is 0 Å². The van der Waals surface area contributed by atoms with Gasteiger partial charge in [-0.3, -0.25) is 10.1 Å². The third kappa shape index (κ3) is 3.11. The highest BCUT2D eigenvalue weighted by Crippen LogP contribution is 2.33. The molecule has 2 fully saturated rings. The van der Waals surface area contributed by atoms with E-state index in [1.54, 1.807) is 7.11 Å². The Labute approximate surface area is 116 Å². The maximum atomic E-state index is 12.5. The van der Waals surface area contributed by atoms with Crippen molar-refractivity contribution in [2.75, 3.05) is 13.7 Å². The van der Waals surface area contributed by atoms with Gasteiger partial charge < -0.3 is 9.64 Å². The van der Waals surface area contributed by atoms with Crippen LogP contribution in [-0.2, 0) is 9.53 Å². The van der Waals surface area contributed by atoms with E-state index in [1.807, 2.05) is 0 Å². The second kappa shape index (κ2) is 6.71. The van der Waals surface area contributed by atoms with Gasteiger partial charge in [0.15, 0.2) is 0 Å². The first kappa shape index (κ1) is 14.8. The van der Waals surface area contributed by atoms with Gasteiger partial charge in [-0.05, 0) is 38.5 Å². The van der Waals surface area contributed by atoms with E-state index in [4.69, 9.17) is 4.74 Å². The van der Waals surface area contributed by atoms with Gasteiger partial charge in [-0.2, -0.15) is 0 Å². The molecule has 0 radical (unpaired) electrons. The minimum Gasteiger partial charge on any atom is -0.385 e. The average molecular weight is 268 g/mol. The molecule has 2 rings (SSSR count). The normalized spacial score (nSPS) is 30.3. The van der Waals surface area contributed by atoms with Crippen LogP contribution in [0, 0.1) is 5.92 Å². The Morgan fingerprint density at radius 1 is 1.42 bits per heavy atom. The highest BCUT2D eigenvalue weighted by atomic mass is 16.5. The number of carbonyl (C=O) groups excluding carboxylic acids is 1. The fraction of sp³-hybridized carbons (Fsp3) is 0.933. The third-order valence-corrected chi connectivity index (χ3v) is 4.69. The van der Waals surface area contributed by atoms with Crippen LogP contribution in [0.5, 0.6) is 0 Å².